The molecule has 2 aromatic rings. The maximum Gasteiger partial charge on any atom is 0.210 e. The molecule has 1 aliphatic rings. The third kappa shape index (κ3) is 2.28. The van der Waals surface area contributed by atoms with E-state index in [0.717, 1.165) is 32.7 Å². The number of rotatable bonds is 1. The standard InChI is InChI=1S/C11H10BrN5S/c1-7-14-15-11-17(7)16-10(6-18-11)13-9-4-2-8(12)3-5-9/h2-5H,6H2,1H3,(H,13,16). The Kier molecular flexibility index (Phi) is 3.09. The molecule has 3 rings (SSSR count). The number of aryl methyl sites for hydroxylation is 1. The third-order valence-electron chi connectivity index (χ3n) is 2.46. The summed E-state index contributed by atoms with van der Waals surface area (Å²) in [4.78, 5) is 4.57. The molecule has 0 saturated heterocycles. The van der Waals surface area contributed by atoms with Crippen molar-refractivity contribution in [3.63, 3.8) is 0 Å². The van der Waals surface area contributed by atoms with Crippen LogP contribution in [0.3, 0.4) is 0 Å². The highest BCUT2D eigenvalue weighted by atomic mass is 79.9. The fraction of sp³-hybridized carbons (Fsp3) is 0.182. The van der Waals surface area contributed by atoms with Crippen LogP contribution in [-0.2, 0) is 0 Å². The molecule has 0 amide bonds. The predicted molar refractivity (Wildman–Crippen MR) is 76.1 cm³/mol. The van der Waals surface area contributed by atoms with Crippen molar-refractivity contribution in [3.8, 4) is 0 Å². The lowest BCUT2D eigenvalue weighted by Crippen LogP contribution is -2.30. The summed E-state index contributed by atoms with van der Waals surface area (Å²) in [6.45, 7) is 1.91. The summed E-state index contributed by atoms with van der Waals surface area (Å²) >= 11 is 5.03. The van der Waals surface area contributed by atoms with E-state index >= 15 is 0 Å². The van der Waals surface area contributed by atoms with Crippen LogP contribution in [0.25, 0.3) is 0 Å². The van der Waals surface area contributed by atoms with Crippen molar-refractivity contribution in [3.05, 3.63) is 34.6 Å². The van der Waals surface area contributed by atoms with Gasteiger partial charge in [0, 0.05) is 4.47 Å². The van der Waals surface area contributed by atoms with Crippen LogP contribution in [0, 0.1) is 6.92 Å². The minimum atomic E-state index is 0.772. The molecule has 2 heterocycles. The topological polar surface area (TPSA) is 55.1 Å². The average Bonchev–Trinajstić information content (AvgIpc) is 2.74. The van der Waals surface area contributed by atoms with E-state index in [2.05, 4.69) is 36.5 Å². The molecular weight excluding hydrogens is 314 g/mol. The summed E-state index contributed by atoms with van der Waals surface area (Å²) in [5.41, 5.74) is 4.14. The average molecular weight is 324 g/mol. The maximum atomic E-state index is 4.57. The number of hydrogen-bond donors (Lipinski definition) is 1. The molecule has 92 valence electrons. The molecule has 0 spiro atoms. The predicted octanol–water partition coefficient (Wildman–Crippen LogP) is 2.73. The monoisotopic (exact) mass is 323 g/mol. The number of aromatic nitrogens is 3. The van der Waals surface area contributed by atoms with E-state index in [1.165, 1.54) is 0 Å². The molecule has 0 saturated carbocycles. The van der Waals surface area contributed by atoms with Gasteiger partial charge in [-0.25, -0.2) is 9.67 Å². The Morgan fingerprint density at radius 1 is 1.33 bits per heavy atom. The van der Waals surface area contributed by atoms with E-state index in [4.69, 9.17) is 0 Å². The van der Waals surface area contributed by atoms with Crippen molar-refractivity contribution in [1.29, 1.82) is 0 Å². The molecule has 0 atom stereocenters. The Hall–Kier alpha value is -1.34. The zero-order valence-corrected chi connectivity index (χ0v) is 12.0. The zero-order valence-electron chi connectivity index (χ0n) is 9.59. The fourth-order valence-corrected chi connectivity index (χ4v) is 2.65. The number of thioether (sulfide) groups is 1. The highest BCUT2D eigenvalue weighted by molar-refractivity contribution is 9.10. The van der Waals surface area contributed by atoms with Crippen molar-refractivity contribution < 1.29 is 0 Å². The van der Waals surface area contributed by atoms with E-state index < -0.39 is 0 Å². The second kappa shape index (κ2) is 4.74. The molecule has 0 aliphatic carbocycles. The third-order valence-corrected chi connectivity index (χ3v) is 3.93. The van der Waals surface area contributed by atoms with Crippen molar-refractivity contribution in [2.75, 3.05) is 11.2 Å². The first kappa shape index (κ1) is 11.7. The highest BCUT2D eigenvalue weighted by Crippen LogP contribution is 2.22. The summed E-state index contributed by atoms with van der Waals surface area (Å²) in [5, 5.41) is 8.96. The maximum absolute atomic E-state index is 4.57. The normalized spacial score (nSPS) is 16.4. The van der Waals surface area contributed by atoms with Crippen molar-refractivity contribution in [1.82, 2.24) is 14.9 Å². The van der Waals surface area contributed by atoms with E-state index in [-0.39, 0.29) is 0 Å². The van der Waals surface area contributed by atoms with Crippen LogP contribution < -0.4 is 5.43 Å². The van der Waals surface area contributed by atoms with E-state index in [1.807, 2.05) is 35.9 Å². The quantitative estimate of drug-likeness (QED) is 0.876. The van der Waals surface area contributed by atoms with Gasteiger partial charge in [0.05, 0.1) is 11.4 Å². The minimum Gasteiger partial charge on any atom is -0.277 e. The van der Waals surface area contributed by atoms with Crippen LogP contribution in [0.15, 0.2) is 38.9 Å². The molecule has 5 nitrogen and oxygen atoms in total. The van der Waals surface area contributed by atoms with Crippen LogP contribution in [0.2, 0.25) is 0 Å². The highest BCUT2D eigenvalue weighted by Gasteiger charge is 2.17. The summed E-state index contributed by atoms with van der Waals surface area (Å²) in [6.07, 6.45) is 0. The summed E-state index contributed by atoms with van der Waals surface area (Å²) < 4.78 is 2.90. The molecule has 18 heavy (non-hydrogen) atoms. The number of aliphatic imine (C=N–C) groups is 1. The van der Waals surface area contributed by atoms with Gasteiger partial charge in [-0.15, -0.1) is 10.2 Å². The van der Waals surface area contributed by atoms with Crippen LogP contribution in [-0.4, -0.2) is 26.5 Å². The lowest BCUT2D eigenvalue weighted by molar-refractivity contribution is 0.801. The molecule has 1 aromatic carbocycles. The second-order valence-corrected chi connectivity index (χ2v) is 5.66. The Bertz CT molecular complexity index is 604. The summed E-state index contributed by atoms with van der Waals surface area (Å²) in [5.74, 6) is 2.51. The van der Waals surface area contributed by atoms with E-state index in [0.29, 0.717) is 0 Å². The van der Waals surface area contributed by atoms with Gasteiger partial charge in [-0.2, -0.15) is 0 Å². The molecule has 1 aromatic heterocycles. The fourth-order valence-electron chi connectivity index (χ4n) is 1.59. The number of amidine groups is 1. The molecule has 0 radical (unpaired) electrons. The van der Waals surface area contributed by atoms with Gasteiger partial charge in [0.2, 0.25) is 5.16 Å². The lowest BCUT2D eigenvalue weighted by atomic mass is 10.3. The number of benzene rings is 1. The first-order chi connectivity index (χ1) is 8.72. The van der Waals surface area contributed by atoms with Gasteiger partial charge in [-0.05, 0) is 31.2 Å². The van der Waals surface area contributed by atoms with E-state index in [1.54, 1.807) is 11.8 Å². The van der Waals surface area contributed by atoms with Crippen LogP contribution in [0.5, 0.6) is 0 Å². The molecule has 1 aliphatic heterocycles. The lowest BCUT2D eigenvalue weighted by Gasteiger charge is -2.17. The largest absolute Gasteiger partial charge is 0.277 e. The Labute approximate surface area is 117 Å². The van der Waals surface area contributed by atoms with Gasteiger partial charge >= 0.3 is 0 Å². The van der Waals surface area contributed by atoms with Gasteiger partial charge in [-0.3, -0.25) is 5.43 Å². The van der Waals surface area contributed by atoms with Crippen LogP contribution in [0.4, 0.5) is 5.69 Å². The number of nitrogens with zero attached hydrogens (tertiary/aromatic N) is 4. The Balaban J connectivity index is 1.87. The van der Waals surface area contributed by atoms with E-state index in [9.17, 15) is 0 Å². The van der Waals surface area contributed by atoms with Crippen molar-refractivity contribution >= 4 is 39.2 Å². The molecule has 1 N–H and O–H groups in total. The molecule has 0 bridgehead atoms. The van der Waals surface area contributed by atoms with Gasteiger partial charge < -0.3 is 0 Å². The van der Waals surface area contributed by atoms with Crippen LogP contribution in [0.1, 0.15) is 5.82 Å². The first-order valence-electron chi connectivity index (χ1n) is 5.37. The smallest absolute Gasteiger partial charge is 0.210 e. The number of hydrogen-bond acceptors (Lipinski definition) is 4. The van der Waals surface area contributed by atoms with Gasteiger partial charge in [-0.1, -0.05) is 27.7 Å². The van der Waals surface area contributed by atoms with Crippen molar-refractivity contribution in [2.24, 2.45) is 4.99 Å². The SMILES string of the molecule is Cc1nnc2n1NC(=Nc1ccc(Br)cc1)CS2. The Morgan fingerprint density at radius 2 is 2.11 bits per heavy atom. The van der Waals surface area contributed by atoms with Crippen molar-refractivity contribution in [2.45, 2.75) is 12.1 Å². The van der Waals surface area contributed by atoms with Gasteiger partial charge in [0.25, 0.3) is 0 Å². The molecular formula is C11H10BrN5S. The molecule has 0 unspecified atom stereocenters. The van der Waals surface area contributed by atoms with Gasteiger partial charge in [0.1, 0.15) is 11.7 Å². The number of nitrogens with one attached hydrogen (secondary N) is 1. The minimum absolute atomic E-state index is 0.772. The summed E-state index contributed by atoms with van der Waals surface area (Å²) in [6, 6.07) is 7.89. The van der Waals surface area contributed by atoms with Crippen LogP contribution >= 0.6 is 27.7 Å². The number of halogens is 1. The second-order valence-electron chi connectivity index (χ2n) is 3.80. The van der Waals surface area contributed by atoms with Gasteiger partial charge in [0.15, 0.2) is 0 Å². The summed E-state index contributed by atoms with van der Waals surface area (Å²) in [7, 11) is 0. The first-order valence-corrected chi connectivity index (χ1v) is 7.15. The molecule has 0 fully saturated rings. The number of fused-ring (bicyclic) bond motifs is 1. The Morgan fingerprint density at radius 3 is 2.89 bits per heavy atom. The molecule has 7 heteroatoms. The zero-order chi connectivity index (χ0) is 12.5.